The van der Waals surface area contributed by atoms with Crippen molar-refractivity contribution < 1.29 is 18.9 Å². The topological polar surface area (TPSA) is 36.9 Å². The monoisotopic (exact) mass is 550 g/mol. The van der Waals surface area contributed by atoms with E-state index in [1.165, 1.54) is 33.4 Å². The van der Waals surface area contributed by atoms with E-state index in [2.05, 4.69) is 100 Å². The average molecular weight is 551 g/mol. The van der Waals surface area contributed by atoms with Crippen molar-refractivity contribution in [2.75, 3.05) is 39.6 Å². The molecule has 0 radical (unpaired) electrons. The van der Waals surface area contributed by atoms with Crippen molar-refractivity contribution >= 4 is 0 Å². The summed E-state index contributed by atoms with van der Waals surface area (Å²) in [5.74, 6) is 1.88. The Morgan fingerprint density at radius 1 is 0.512 bits per heavy atom. The van der Waals surface area contributed by atoms with Crippen LogP contribution in [0, 0.1) is 27.7 Å². The Kier molecular flexibility index (Phi) is 8.82. The Morgan fingerprint density at radius 2 is 0.878 bits per heavy atom. The lowest BCUT2D eigenvalue weighted by Gasteiger charge is -2.35. The predicted octanol–water partition coefficient (Wildman–Crippen LogP) is 8.11. The van der Waals surface area contributed by atoms with Crippen LogP contribution in [0.15, 0.2) is 72.8 Å². The number of fused-ring (bicyclic) bond motifs is 3. The summed E-state index contributed by atoms with van der Waals surface area (Å²) in [7, 11) is 0. The maximum absolute atomic E-state index is 6.22. The summed E-state index contributed by atoms with van der Waals surface area (Å²) in [6.45, 7) is 16.2. The first-order valence-electron chi connectivity index (χ1n) is 14.8. The molecule has 0 unspecified atom stereocenters. The molecule has 0 atom stereocenters. The van der Waals surface area contributed by atoms with Gasteiger partial charge in [-0.25, -0.2) is 0 Å². The third kappa shape index (κ3) is 5.27. The Balaban J connectivity index is 1.71. The van der Waals surface area contributed by atoms with Gasteiger partial charge in [-0.1, -0.05) is 72.8 Å². The smallest absolute Gasteiger partial charge is 0.125 e. The number of aryl methyl sites for hydroxylation is 4. The van der Waals surface area contributed by atoms with Crippen LogP contribution < -0.4 is 9.47 Å². The third-order valence-electron chi connectivity index (χ3n) is 8.10. The number of rotatable bonds is 12. The number of hydrogen-bond acceptors (Lipinski definition) is 4. The first-order valence-corrected chi connectivity index (χ1v) is 14.8. The van der Waals surface area contributed by atoms with Crippen LogP contribution in [0.2, 0.25) is 0 Å². The first kappa shape index (κ1) is 28.9. The van der Waals surface area contributed by atoms with Crippen molar-refractivity contribution in [2.24, 2.45) is 0 Å². The van der Waals surface area contributed by atoms with Crippen LogP contribution in [0.5, 0.6) is 11.5 Å². The molecule has 0 saturated carbocycles. The number of ether oxygens (including phenoxy) is 4. The molecule has 5 rings (SSSR count). The molecular weight excluding hydrogens is 508 g/mol. The molecule has 0 N–H and O–H groups in total. The van der Waals surface area contributed by atoms with Crippen LogP contribution >= 0.6 is 0 Å². The largest absolute Gasteiger partial charge is 0.491 e. The van der Waals surface area contributed by atoms with Gasteiger partial charge >= 0.3 is 0 Å². The summed E-state index contributed by atoms with van der Waals surface area (Å²) in [4.78, 5) is 0. The molecule has 1 aliphatic carbocycles. The first-order chi connectivity index (χ1) is 19.9. The highest BCUT2D eigenvalue weighted by molar-refractivity contribution is 5.86. The van der Waals surface area contributed by atoms with Gasteiger partial charge in [-0.15, -0.1) is 0 Å². The molecule has 0 aliphatic heterocycles. The van der Waals surface area contributed by atoms with Crippen molar-refractivity contribution in [3.63, 3.8) is 0 Å². The molecule has 4 nitrogen and oxygen atoms in total. The van der Waals surface area contributed by atoms with Crippen LogP contribution in [0.4, 0.5) is 0 Å². The average Bonchev–Trinajstić information content (AvgIpc) is 3.27. The van der Waals surface area contributed by atoms with Gasteiger partial charge in [-0.05, 0) is 97.2 Å². The summed E-state index contributed by atoms with van der Waals surface area (Å²) in [6.07, 6.45) is 0. The van der Waals surface area contributed by atoms with Gasteiger partial charge in [0.2, 0.25) is 0 Å². The molecule has 0 amide bonds. The van der Waals surface area contributed by atoms with Gasteiger partial charge in [0.1, 0.15) is 24.7 Å². The summed E-state index contributed by atoms with van der Waals surface area (Å²) < 4.78 is 23.5. The molecule has 4 aromatic carbocycles. The zero-order valence-corrected chi connectivity index (χ0v) is 25.3. The Labute approximate surface area is 245 Å². The van der Waals surface area contributed by atoms with Crippen LogP contribution in [-0.2, 0) is 14.9 Å². The van der Waals surface area contributed by atoms with Crippen molar-refractivity contribution in [2.45, 2.75) is 47.0 Å². The fourth-order valence-electron chi connectivity index (χ4n) is 6.51. The summed E-state index contributed by atoms with van der Waals surface area (Å²) in [5, 5.41) is 0. The standard InChI is InChI=1S/C37H42O4/c1-7-38-17-19-40-35-25(3)21-29(22-26(35)4)37(30-23-27(5)36(28(6)24-30)41-20-18-39-8-2)33-15-11-9-13-31(33)32-14-10-12-16-34(32)37/h9-16,21-24H,7-8,17-20H2,1-6H3. The maximum atomic E-state index is 6.22. The molecule has 0 aromatic heterocycles. The van der Waals surface area contributed by atoms with Gasteiger partial charge in [0, 0.05) is 13.2 Å². The molecule has 4 aromatic rings. The van der Waals surface area contributed by atoms with Gasteiger partial charge in [0.15, 0.2) is 0 Å². The Bertz CT molecular complexity index is 1360. The molecule has 0 bridgehead atoms. The quantitative estimate of drug-likeness (QED) is 0.147. The lowest BCUT2D eigenvalue weighted by Crippen LogP contribution is -2.29. The highest BCUT2D eigenvalue weighted by atomic mass is 16.5. The van der Waals surface area contributed by atoms with Crippen molar-refractivity contribution in [3.05, 3.63) is 117 Å². The van der Waals surface area contributed by atoms with E-state index in [0.29, 0.717) is 39.6 Å². The second-order valence-electron chi connectivity index (χ2n) is 10.8. The Hall–Kier alpha value is -3.60. The van der Waals surface area contributed by atoms with Gasteiger partial charge in [-0.2, -0.15) is 0 Å². The van der Waals surface area contributed by atoms with E-state index in [-0.39, 0.29) is 0 Å². The van der Waals surface area contributed by atoms with E-state index >= 15 is 0 Å². The van der Waals surface area contributed by atoms with Crippen LogP contribution in [0.3, 0.4) is 0 Å². The Morgan fingerprint density at radius 3 is 1.24 bits per heavy atom. The fourth-order valence-corrected chi connectivity index (χ4v) is 6.51. The lowest BCUT2D eigenvalue weighted by molar-refractivity contribution is 0.109. The summed E-state index contributed by atoms with van der Waals surface area (Å²) in [6, 6.07) is 27.0. The van der Waals surface area contributed by atoms with Gasteiger partial charge in [0.05, 0.1) is 18.6 Å². The van der Waals surface area contributed by atoms with Crippen molar-refractivity contribution in [3.8, 4) is 22.6 Å². The lowest BCUT2D eigenvalue weighted by atomic mass is 9.66. The van der Waals surface area contributed by atoms with E-state index in [4.69, 9.17) is 18.9 Å². The zero-order chi connectivity index (χ0) is 29.0. The van der Waals surface area contributed by atoms with E-state index in [9.17, 15) is 0 Å². The second-order valence-corrected chi connectivity index (χ2v) is 10.8. The van der Waals surface area contributed by atoms with E-state index < -0.39 is 5.41 Å². The van der Waals surface area contributed by atoms with Crippen molar-refractivity contribution in [1.29, 1.82) is 0 Å². The second kappa shape index (κ2) is 12.5. The molecule has 41 heavy (non-hydrogen) atoms. The van der Waals surface area contributed by atoms with E-state index in [1.54, 1.807) is 0 Å². The minimum atomic E-state index is -0.480. The van der Waals surface area contributed by atoms with Crippen LogP contribution in [-0.4, -0.2) is 39.6 Å². The fraction of sp³-hybridized carbons (Fsp3) is 0.351. The van der Waals surface area contributed by atoms with Gasteiger partial charge in [0.25, 0.3) is 0 Å². The highest BCUT2D eigenvalue weighted by Crippen LogP contribution is 2.57. The third-order valence-corrected chi connectivity index (χ3v) is 8.10. The minimum absolute atomic E-state index is 0.480. The molecule has 1 aliphatic rings. The normalized spacial score (nSPS) is 13.1. The number of hydrogen-bond donors (Lipinski definition) is 0. The zero-order valence-electron chi connectivity index (χ0n) is 25.3. The summed E-state index contributed by atoms with van der Waals surface area (Å²) in [5.41, 5.74) is 11.7. The molecule has 214 valence electrons. The predicted molar refractivity (Wildman–Crippen MR) is 167 cm³/mol. The highest BCUT2D eigenvalue weighted by Gasteiger charge is 2.46. The molecular formula is C37H42O4. The summed E-state index contributed by atoms with van der Waals surface area (Å²) >= 11 is 0. The molecule has 0 spiro atoms. The van der Waals surface area contributed by atoms with Crippen LogP contribution in [0.25, 0.3) is 11.1 Å². The maximum Gasteiger partial charge on any atom is 0.125 e. The van der Waals surface area contributed by atoms with E-state index in [0.717, 1.165) is 33.8 Å². The minimum Gasteiger partial charge on any atom is -0.491 e. The van der Waals surface area contributed by atoms with Crippen molar-refractivity contribution in [1.82, 2.24) is 0 Å². The van der Waals surface area contributed by atoms with Gasteiger partial charge in [-0.3, -0.25) is 0 Å². The molecule has 0 fully saturated rings. The SMILES string of the molecule is CCOCCOc1c(C)cc(C2(c3cc(C)c(OCCOCC)c(C)c3)c3ccccc3-c3ccccc32)cc1C. The van der Waals surface area contributed by atoms with Crippen LogP contribution in [0.1, 0.15) is 58.4 Å². The van der Waals surface area contributed by atoms with Gasteiger partial charge < -0.3 is 18.9 Å². The number of benzene rings is 4. The molecule has 0 saturated heterocycles. The van der Waals surface area contributed by atoms with E-state index in [1.807, 2.05) is 13.8 Å². The molecule has 0 heterocycles. The molecule has 4 heteroatoms.